The summed E-state index contributed by atoms with van der Waals surface area (Å²) in [7, 11) is 0. The molecule has 9 N–H and O–H groups in total. The van der Waals surface area contributed by atoms with Gasteiger partial charge < -0.3 is 31.6 Å². The van der Waals surface area contributed by atoms with Gasteiger partial charge in [-0.2, -0.15) is 0 Å². The zero-order chi connectivity index (χ0) is 3.41. The molecule has 136 valence electrons. The number of hydrogen-bond donors (Lipinski definition) is 1. The van der Waals surface area contributed by atoms with Crippen molar-refractivity contribution >= 4 is 23.3 Å². The van der Waals surface area contributed by atoms with Crippen molar-refractivity contribution in [2.24, 2.45) is 0 Å². The third kappa shape index (κ3) is 2410. The molecule has 7 nitrogen and oxygen atoms in total. The van der Waals surface area contributed by atoms with E-state index in [1.807, 2.05) is 0 Å². The summed E-state index contributed by atoms with van der Waals surface area (Å²) < 4.78 is 0. The van der Waals surface area contributed by atoms with Gasteiger partial charge in [-0.25, -0.2) is 5.26 Å². The average molecular weight is 382 g/mol. The third-order valence-electron chi connectivity index (χ3n) is 0.0373. The fourth-order valence-electron chi connectivity index (χ4n) is 0. The molecular formula is C8H39B2Fe2O7-. The quantitative estimate of drug-likeness (QED) is 0.296. The van der Waals surface area contributed by atoms with Crippen LogP contribution in [0.15, 0.2) is 0 Å². The zero-order valence-corrected chi connectivity index (χ0v) is 7.83. The molecule has 0 amide bonds. The zero-order valence-electron chi connectivity index (χ0n) is 5.63. The van der Waals surface area contributed by atoms with E-state index >= 15 is 0 Å². The SMILES string of the molecule is C.C.C.C.C.C.C.O.O.O.O.O=[C-]OO.[2HH].[B].[B].[Fe].[Fe]. The van der Waals surface area contributed by atoms with Crippen LogP contribution in [0.3, 0.4) is 0 Å². The summed E-state index contributed by atoms with van der Waals surface area (Å²) in [4.78, 5) is 11.3. The van der Waals surface area contributed by atoms with Gasteiger partial charge >= 0.3 is 0 Å². The molecule has 0 saturated heterocycles. The maximum atomic E-state index is 8.58. The van der Waals surface area contributed by atoms with Crippen LogP contribution in [0.5, 0.6) is 0 Å². The van der Waals surface area contributed by atoms with Gasteiger partial charge in [0.15, 0.2) is 0 Å². The average Bonchev–Trinajstić information content (AvgIpc) is 1.37. The molecule has 0 aromatic rings. The number of rotatable bonds is 1. The van der Waals surface area contributed by atoms with Crippen molar-refractivity contribution < 1.29 is 72.4 Å². The summed E-state index contributed by atoms with van der Waals surface area (Å²) in [6, 6.07) is 0. The van der Waals surface area contributed by atoms with E-state index in [0.717, 1.165) is 6.47 Å². The smallest absolute Gasteiger partial charge is 0 e. The first-order valence-electron chi connectivity index (χ1n) is 0.591. The van der Waals surface area contributed by atoms with Crippen molar-refractivity contribution in [1.29, 1.82) is 0 Å². The van der Waals surface area contributed by atoms with Gasteiger partial charge in [-0.1, -0.05) is 52.0 Å². The Hall–Kier alpha value is 0.439. The van der Waals surface area contributed by atoms with E-state index in [4.69, 9.17) is 10.1 Å². The molecule has 0 bridgehead atoms. The first kappa shape index (κ1) is 559. The van der Waals surface area contributed by atoms with E-state index < -0.39 is 0 Å². The van der Waals surface area contributed by atoms with Gasteiger partial charge in [0.1, 0.15) is 0 Å². The van der Waals surface area contributed by atoms with Crippen LogP contribution in [0.1, 0.15) is 53.4 Å². The third-order valence-corrected chi connectivity index (χ3v) is 0.0373. The Morgan fingerprint density at radius 1 is 0.684 bits per heavy atom. The second kappa shape index (κ2) is 943. The summed E-state index contributed by atoms with van der Waals surface area (Å²) in [5.74, 6) is 0. The van der Waals surface area contributed by atoms with Crippen molar-refractivity contribution in [2.75, 3.05) is 0 Å². The Labute approximate surface area is 148 Å². The van der Waals surface area contributed by atoms with Crippen molar-refractivity contribution in [3.05, 3.63) is 0 Å². The van der Waals surface area contributed by atoms with Gasteiger partial charge in [0.2, 0.25) is 0 Å². The van der Waals surface area contributed by atoms with Crippen LogP contribution in [0, 0.1) is 0 Å². The van der Waals surface area contributed by atoms with Crippen molar-refractivity contribution in [1.82, 2.24) is 0 Å². The predicted octanol–water partition coefficient (Wildman–Crippen LogP) is 0.176. The van der Waals surface area contributed by atoms with Crippen molar-refractivity contribution in [3.63, 3.8) is 0 Å². The van der Waals surface area contributed by atoms with Gasteiger partial charge in [0, 0.05) is 52.4 Å². The standard InChI is InChI=1S/CHO3.7CH4.2B.2Fe.4H2O.H2/c2-1-4-3;;;;;;;;;;;;;;;;/h3H;7*1H4;;;;;4*1H2;1H/q-1;;;;;;;;;;;;;;;;/i;;;;;;;;;;;;;;;;1+1. The molecule has 0 fully saturated rings. The fourth-order valence-corrected chi connectivity index (χ4v) is 0. The molecule has 0 aromatic carbocycles. The molecule has 11 heteroatoms. The largest absolute Gasteiger partial charge is 0.509 e. The Morgan fingerprint density at radius 3 is 0.737 bits per heavy atom. The topological polar surface area (TPSA) is 173 Å². The first-order valence-corrected chi connectivity index (χ1v) is 0.591. The molecule has 0 saturated carbocycles. The first-order chi connectivity index (χ1) is 1.91. The van der Waals surface area contributed by atoms with Crippen LogP contribution in [0.4, 0.5) is 0 Å². The van der Waals surface area contributed by atoms with Crippen molar-refractivity contribution in [2.45, 2.75) is 52.0 Å². The van der Waals surface area contributed by atoms with E-state index in [2.05, 4.69) is 4.89 Å². The normalized spacial score (nSPS) is 1.11. The summed E-state index contributed by atoms with van der Waals surface area (Å²) in [5, 5.41) is 6.95. The van der Waals surface area contributed by atoms with E-state index in [1.54, 1.807) is 0 Å². The Kier molecular flexibility index (Phi) is 27700. The van der Waals surface area contributed by atoms with E-state index in [9.17, 15) is 0 Å². The fraction of sp³-hybridized carbons (Fsp3) is 0.875. The van der Waals surface area contributed by atoms with E-state index in [1.165, 1.54) is 0 Å². The minimum atomic E-state index is 0. The second-order valence-electron chi connectivity index (χ2n) is 0.175. The number of carbonyl (C=O) groups excluding carboxylic acids is 1. The Morgan fingerprint density at radius 2 is 0.737 bits per heavy atom. The molecule has 19 heavy (non-hydrogen) atoms. The van der Waals surface area contributed by atoms with E-state index in [0.29, 0.717) is 0 Å². The molecule has 0 aliphatic heterocycles. The van der Waals surface area contributed by atoms with Crippen LogP contribution in [0.25, 0.3) is 0 Å². The summed E-state index contributed by atoms with van der Waals surface area (Å²) in [6.07, 6.45) is 0. The van der Waals surface area contributed by atoms with Gasteiger partial charge in [-0.15, -0.1) is 0 Å². The molecule has 0 unspecified atom stereocenters. The Bertz CT molecular complexity index is 52.8. The van der Waals surface area contributed by atoms with Crippen LogP contribution in [-0.4, -0.2) is 50.5 Å². The van der Waals surface area contributed by atoms with Gasteiger partial charge in [-0.05, 0) is 6.47 Å². The van der Waals surface area contributed by atoms with Gasteiger partial charge in [0.25, 0.3) is 0 Å². The molecule has 0 spiro atoms. The van der Waals surface area contributed by atoms with Gasteiger partial charge in [0.05, 0.1) is 0 Å². The second-order valence-corrected chi connectivity index (χ2v) is 0.175. The maximum Gasteiger partial charge on any atom is 0 e. The Balaban J connectivity index is -0.000000000375. The molecule has 0 rings (SSSR count). The van der Waals surface area contributed by atoms with Gasteiger partial charge in [-0.3, -0.25) is 0 Å². The number of hydrogen-bond acceptors (Lipinski definition) is 3. The molecule has 0 heterocycles. The van der Waals surface area contributed by atoms with Crippen LogP contribution < -0.4 is 0 Å². The summed E-state index contributed by atoms with van der Waals surface area (Å²) >= 11 is 0. The molecule has 0 aliphatic carbocycles. The van der Waals surface area contributed by atoms with Crippen LogP contribution in [0.2, 0.25) is 0 Å². The molecule has 0 aliphatic rings. The molecule has 0 atom stereocenters. The van der Waals surface area contributed by atoms with Crippen molar-refractivity contribution in [3.8, 4) is 0 Å². The monoisotopic (exact) mass is 382 g/mol. The predicted molar refractivity (Wildman–Crippen MR) is 84.6 cm³/mol. The van der Waals surface area contributed by atoms with E-state index in [-0.39, 0.29) is 126 Å². The van der Waals surface area contributed by atoms with Crippen LogP contribution in [-0.2, 0) is 43.8 Å². The molecule has 6 radical (unpaired) electrons. The summed E-state index contributed by atoms with van der Waals surface area (Å²) in [5.41, 5.74) is 0. The van der Waals surface area contributed by atoms with Crippen LogP contribution >= 0.6 is 0 Å². The molecular weight excluding hydrogens is 341 g/mol. The molecule has 0 aromatic heterocycles. The minimum Gasteiger partial charge on any atom is -0.509 e. The minimum absolute atomic E-state index is 0. The summed E-state index contributed by atoms with van der Waals surface area (Å²) in [6.45, 7) is 0.736. The maximum absolute atomic E-state index is 8.58.